The van der Waals surface area contributed by atoms with Gasteiger partial charge in [-0.25, -0.2) is 4.68 Å². The van der Waals surface area contributed by atoms with Crippen LogP contribution in [-0.2, 0) is 11.2 Å². The molecule has 0 spiro atoms. The van der Waals surface area contributed by atoms with E-state index in [2.05, 4.69) is 48.5 Å². The second-order valence-electron chi connectivity index (χ2n) is 7.38. The normalized spacial score (nSPS) is 16.2. The van der Waals surface area contributed by atoms with Gasteiger partial charge in [0, 0.05) is 18.0 Å². The lowest BCUT2D eigenvalue weighted by molar-refractivity contribution is -0.113. The molecule has 1 unspecified atom stereocenters. The number of hydrogen-bond donors (Lipinski definition) is 1. The molecular weight excluding hydrogens is 382 g/mol. The van der Waals surface area contributed by atoms with Crippen molar-refractivity contribution in [1.82, 2.24) is 9.78 Å². The van der Waals surface area contributed by atoms with Crippen LogP contribution in [0.25, 0.3) is 0 Å². The molecule has 3 aromatic rings. The number of fused-ring (bicyclic) bond motifs is 1. The third-order valence-electron chi connectivity index (χ3n) is 4.92. The summed E-state index contributed by atoms with van der Waals surface area (Å²) in [5.74, 6) is 2.10. The Bertz CT molecular complexity index is 968. The number of amides is 1. The number of thioether (sulfide) groups is 1. The van der Waals surface area contributed by atoms with Crippen molar-refractivity contribution in [2.75, 3.05) is 17.7 Å². The SMILES string of the molecule is CC(C)n1ncc2c1NC(=O)CSC2c1ccc(OCCc2ccccc2)cc1. The Balaban J connectivity index is 1.48. The van der Waals surface area contributed by atoms with Gasteiger partial charge in [0.05, 0.1) is 23.8 Å². The zero-order chi connectivity index (χ0) is 20.2. The predicted molar refractivity (Wildman–Crippen MR) is 118 cm³/mol. The van der Waals surface area contributed by atoms with Crippen LogP contribution in [0.3, 0.4) is 0 Å². The second kappa shape index (κ2) is 8.74. The maximum atomic E-state index is 12.2. The van der Waals surface area contributed by atoms with Gasteiger partial charge in [-0.1, -0.05) is 42.5 Å². The maximum absolute atomic E-state index is 12.2. The number of benzene rings is 2. The average Bonchev–Trinajstić information content (AvgIpc) is 3.06. The van der Waals surface area contributed by atoms with E-state index in [0.717, 1.165) is 29.1 Å². The standard InChI is InChI=1S/C23H25N3O2S/c1-16(2)26-23-20(14-24-26)22(29-15-21(27)25-23)18-8-10-19(11-9-18)28-13-12-17-6-4-3-5-7-17/h3-11,14,16,22H,12-13,15H2,1-2H3,(H,25,27). The fourth-order valence-electron chi connectivity index (χ4n) is 3.45. The molecule has 0 bridgehead atoms. The van der Waals surface area contributed by atoms with Crippen LogP contribution in [-0.4, -0.2) is 28.0 Å². The Hall–Kier alpha value is -2.73. The molecule has 1 aliphatic rings. The lowest BCUT2D eigenvalue weighted by Gasteiger charge is -2.16. The van der Waals surface area contributed by atoms with Crippen LogP contribution in [0.2, 0.25) is 0 Å². The summed E-state index contributed by atoms with van der Waals surface area (Å²) in [5.41, 5.74) is 3.46. The molecular formula is C23H25N3O2S. The van der Waals surface area contributed by atoms with Gasteiger partial charge in [-0.05, 0) is 37.1 Å². The molecule has 0 fully saturated rings. The van der Waals surface area contributed by atoms with Crippen LogP contribution >= 0.6 is 11.8 Å². The van der Waals surface area contributed by atoms with E-state index in [-0.39, 0.29) is 17.2 Å². The molecule has 5 nitrogen and oxygen atoms in total. The average molecular weight is 408 g/mol. The summed E-state index contributed by atoms with van der Waals surface area (Å²) < 4.78 is 7.79. The summed E-state index contributed by atoms with van der Waals surface area (Å²) in [5, 5.41) is 7.59. The van der Waals surface area contributed by atoms with Crippen molar-refractivity contribution in [3.63, 3.8) is 0 Å². The first-order valence-corrected chi connectivity index (χ1v) is 10.9. The van der Waals surface area contributed by atoms with Gasteiger partial charge in [-0.15, -0.1) is 11.8 Å². The van der Waals surface area contributed by atoms with Gasteiger partial charge in [0.2, 0.25) is 5.91 Å². The van der Waals surface area contributed by atoms with Crippen molar-refractivity contribution in [1.29, 1.82) is 0 Å². The number of carbonyl (C=O) groups is 1. The zero-order valence-corrected chi connectivity index (χ0v) is 17.5. The predicted octanol–water partition coefficient (Wildman–Crippen LogP) is 4.86. The largest absolute Gasteiger partial charge is 0.493 e. The monoisotopic (exact) mass is 407 g/mol. The highest BCUT2D eigenvalue weighted by Crippen LogP contribution is 2.42. The first kappa shape index (κ1) is 19.6. The van der Waals surface area contributed by atoms with E-state index >= 15 is 0 Å². The van der Waals surface area contributed by atoms with Gasteiger partial charge < -0.3 is 10.1 Å². The Morgan fingerprint density at radius 2 is 1.93 bits per heavy atom. The van der Waals surface area contributed by atoms with Gasteiger partial charge in [-0.3, -0.25) is 4.79 Å². The lowest BCUT2D eigenvalue weighted by Crippen LogP contribution is -2.17. The number of rotatable bonds is 6. The molecule has 2 heterocycles. The highest BCUT2D eigenvalue weighted by Gasteiger charge is 2.28. The first-order valence-electron chi connectivity index (χ1n) is 9.87. The van der Waals surface area contributed by atoms with Gasteiger partial charge in [0.25, 0.3) is 0 Å². The van der Waals surface area contributed by atoms with Crippen LogP contribution in [0.15, 0.2) is 60.8 Å². The van der Waals surface area contributed by atoms with E-state index in [1.54, 1.807) is 11.8 Å². The smallest absolute Gasteiger partial charge is 0.235 e. The van der Waals surface area contributed by atoms with E-state index < -0.39 is 0 Å². The molecule has 0 saturated carbocycles. The molecule has 0 radical (unpaired) electrons. The highest BCUT2D eigenvalue weighted by molar-refractivity contribution is 8.00. The van der Waals surface area contributed by atoms with Crippen molar-refractivity contribution in [2.45, 2.75) is 31.6 Å². The number of nitrogens with one attached hydrogen (secondary N) is 1. The highest BCUT2D eigenvalue weighted by atomic mass is 32.2. The number of anilines is 1. The molecule has 0 saturated heterocycles. The molecule has 1 amide bonds. The fourth-order valence-corrected chi connectivity index (χ4v) is 4.54. The summed E-state index contributed by atoms with van der Waals surface area (Å²) in [7, 11) is 0. The van der Waals surface area contributed by atoms with Crippen LogP contribution in [0.1, 0.15) is 41.8 Å². The molecule has 1 aromatic heterocycles. The van der Waals surface area contributed by atoms with Crippen molar-refractivity contribution < 1.29 is 9.53 Å². The molecule has 150 valence electrons. The fraction of sp³-hybridized carbons (Fsp3) is 0.304. The van der Waals surface area contributed by atoms with Crippen molar-refractivity contribution in [2.24, 2.45) is 0 Å². The second-order valence-corrected chi connectivity index (χ2v) is 8.47. The summed E-state index contributed by atoms with van der Waals surface area (Å²) in [6, 6.07) is 18.7. The van der Waals surface area contributed by atoms with Gasteiger partial charge in [-0.2, -0.15) is 5.10 Å². The van der Waals surface area contributed by atoms with Crippen molar-refractivity contribution in [3.05, 3.63) is 77.5 Å². The van der Waals surface area contributed by atoms with Crippen molar-refractivity contribution in [3.8, 4) is 5.75 Å². The number of hydrogen-bond acceptors (Lipinski definition) is 4. The van der Waals surface area contributed by atoms with E-state index in [0.29, 0.717) is 12.4 Å². The maximum Gasteiger partial charge on any atom is 0.235 e. The van der Waals surface area contributed by atoms with Gasteiger partial charge >= 0.3 is 0 Å². The molecule has 1 atom stereocenters. The molecule has 0 aliphatic carbocycles. The van der Waals surface area contributed by atoms with Crippen LogP contribution < -0.4 is 10.1 Å². The number of carbonyl (C=O) groups excluding carboxylic acids is 1. The number of aromatic nitrogens is 2. The molecule has 29 heavy (non-hydrogen) atoms. The lowest BCUT2D eigenvalue weighted by atomic mass is 10.1. The quantitative estimate of drug-likeness (QED) is 0.634. The van der Waals surface area contributed by atoms with E-state index in [1.165, 1.54) is 5.56 Å². The van der Waals surface area contributed by atoms with E-state index in [1.807, 2.05) is 41.2 Å². The number of ether oxygens (including phenoxy) is 1. The minimum atomic E-state index is 0.0158. The van der Waals surface area contributed by atoms with Crippen LogP contribution in [0.5, 0.6) is 5.75 Å². The summed E-state index contributed by atoms with van der Waals surface area (Å²) >= 11 is 1.63. The third-order valence-corrected chi connectivity index (χ3v) is 6.21. The van der Waals surface area contributed by atoms with E-state index in [9.17, 15) is 4.79 Å². The van der Waals surface area contributed by atoms with Crippen molar-refractivity contribution >= 4 is 23.5 Å². The van der Waals surface area contributed by atoms with Crippen LogP contribution in [0.4, 0.5) is 5.82 Å². The summed E-state index contributed by atoms with van der Waals surface area (Å²) in [6.07, 6.45) is 2.76. The Morgan fingerprint density at radius 1 is 1.17 bits per heavy atom. The summed E-state index contributed by atoms with van der Waals surface area (Å²) in [6.45, 7) is 4.77. The van der Waals surface area contributed by atoms with Gasteiger partial charge in [0.15, 0.2) is 0 Å². The third kappa shape index (κ3) is 4.48. The molecule has 1 N–H and O–H groups in total. The van der Waals surface area contributed by atoms with Crippen LogP contribution in [0, 0.1) is 0 Å². The number of nitrogens with zero attached hydrogens (tertiary/aromatic N) is 2. The zero-order valence-electron chi connectivity index (χ0n) is 16.7. The topological polar surface area (TPSA) is 56.2 Å². The van der Waals surface area contributed by atoms with Gasteiger partial charge in [0.1, 0.15) is 11.6 Å². The minimum Gasteiger partial charge on any atom is -0.493 e. The Labute approximate surface area is 175 Å². The molecule has 4 rings (SSSR count). The minimum absolute atomic E-state index is 0.0158. The molecule has 2 aromatic carbocycles. The molecule has 1 aliphatic heterocycles. The Kier molecular flexibility index (Phi) is 5.90. The molecule has 6 heteroatoms. The first-order chi connectivity index (χ1) is 14.1. The Morgan fingerprint density at radius 3 is 2.66 bits per heavy atom. The van der Waals surface area contributed by atoms with E-state index in [4.69, 9.17) is 4.74 Å². The summed E-state index contributed by atoms with van der Waals surface area (Å²) in [4.78, 5) is 12.2.